The maximum absolute atomic E-state index is 13.8. The van der Waals surface area contributed by atoms with E-state index in [1.165, 1.54) is 18.2 Å². The SMILES string of the molecule is O=C(O)C12CC(c3cccc(F)c3)(C1)C2F. The summed E-state index contributed by atoms with van der Waals surface area (Å²) in [5.74, 6) is -1.47. The second-order valence-corrected chi connectivity index (χ2v) is 4.84. The summed E-state index contributed by atoms with van der Waals surface area (Å²) in [6.45, 7) is 0. The number of carboxylic acid groups (broad SMARTS) is 1. The zero-order valence-electron chi connectivity index (χ0n) is 8.41. The van der Waals surface area contributed by atoms with Crippen molar-refractivity contribution in [2.24, 2.45) is 5.41 Å². The number of aliphatic carboxylic acids is 1. The molecule has 1 atom stereocenters. The number of benzene rings is 1. The molecule has 0 saturated heterocycles. The monoisotopic (exact) mass is 224 g/mol. The van der Waals surface area contributed by atoms with Gasteiger partial charge in [0.15, 0.2) is 0 Å². The average Bonchev–Trinajstić information content (AvgIpc) is 2.15. The van der Waals surface area contributed by atoms with Crippen LogP contribution in [0.4, 0.5) is 8.78 Å². The van der Waals surface area contributed by atoms with E-state index in [9.17, 15) is 13.6 Å². The Morgan fingerprint density at radius 3 is 2.62 bits per heavy atom. The van der Waals surface area contributed by atoms with Gasteiger partial charge in [0.25, 0.3) is 0 Å². The molecule has 0 amide bonds. The van der Waals surface area contributed by atoms with E-state index >= 15 is 0 Å². The number of carboxylic acids is 1. The maximum atomic E-state index is 13.8. The van der Waals surface area contributed by atoms with Crippen LogP contribution in [0.5, 0.6) is 0 Å². The molecule has 1 N–H and O–H groups in total. The number of rotatable bonds is 2. The average molecular weight is 224 g/mol. The molecule has 3 aliphatic rings. The van der Waals surface area contributed by atoms with Crippen LogP contribution in [-0.2, 0) is 10.2 Å². The lowest BCUT2D eigenvalue weighted by molar-refractivity contribution is -0.237. The molecule has 3 aliphatic carbocycles. The van der Waals surface area contributed by atoms with Gasteiger partial charge in [-0.05, 0) is 30.5 Å². The number of carbonyl (C=O) groups is 1. The van der Waals surface area contributed by atoms with Crippen molar-refractivity contribution in [3.8, 4) is 0 Å². The lowest BCUT2D eigenvalue weighted by atomic mass is 9.32. The van der Waals surface area contributed by atoms with Gasteiger partial charge >= 0.3 is 5.97 Å². The fourth-order valence-electron chi connectivity index (χ4n) is 3.11. The molecular weight excluding hydrogens is 214 g/mol. The zero-order valence-corrected chi connectivity index (χ0v) is 8.41. The fraction of sp³-hybridized carbons (Fsp3) is 0.417. The third-order valence-electron chi connectivity index (χ3n) is 4.06. The number of hydrogen-bond acceptors (Lipinski definition) is 1. The van der Waals surface area contributed by atoms with Crippen molar-refractivity contribution in [2.75, 3.05) is 0 Å². The van der Waals surface area contributed by atoms with Crippen LogP contribution >= 0.6 is 0 Å². The van der Waals surface area contributed by atoms with Gasteiger partial charge < -0.3 is 5.11 Å². The molecule has 0 spiro atoms. The van der Waals surface area contributed by atoms with Crippen LogP contribution in [-0.4, -0.2) is 17.2 Å². The van der Waals surface area contributed by atoms with E-state index in [-0.39, 0.29) is 0 Å². The molecule has 0 heterocycles. The van der Waals surface area contributed by atoms with E-state index < -0.39 is 28.8 Å². The van der Waals surface area contributed by atoms with Crippen LogP contribution < -0.4 is 0 Å². The minimum atomic E-state index is -1.38. The molecule has 1 aromatic carbocycles. The third-order valence-corrected chi connectivity index (χ3v) is 4.06. The molecule has 0 radical (unpaired) electrons. The first-order valence-electron chi connectivity index (χ1n) is 5.15. The second-order valence-electron chi connectivity index (χ2n) is 4.84. The molecule has 4 heteroatoms. The van der Waals surface area contributed by atoms with Gasteiger partial charge in [-0.1, -0.05) is 12.1 Å². The van der Waals surface area contributed by atoms with E-state index in [0.29, 0.717) is 18.4 Å². The molecule has 16 heavy (non-hydrogen) atoms. The van der Waals surface area contributed by atoms with Crippen LogP contribution in [0.3, 0.4) is 0 Å². The minimum Gasteiger partial charge on any atom is -0.481 e. The Morgan fingerprint density at radius 1 is 1.44 bits per heavy atom. The highest BCUT2D eigenvalue weighted by Gasteiger charge is 2.81. The Bertz CT molecular complexity index is 478. The molecule has 0 aliphatic heterocycles. The highest BCUT2D eigenvalue weighted by Crippen LogP contribution is 2.74. The zero-order chi connectivity index (χ0) is 11.6. The summed E-state index contributed by atoms with van der Waals surface area (Å²) >= 11 is 0. The molecule has 84 valence electrons. The van der Waals surface area contributed by atoms with Crippen LogP contribution in [0, 0.1) is 11.2 Å². The summed E-state index contributed by atoms with van der Waals surface area (Å²) in [7, 11) is 0. The van der Waals surface area contributed by atoms with Crippen LogP contribution in [0.15, 0.2) is 24.3 Å². The molecule has 1 aromatic rings. The Hall–Kier alpha value is -1.45. The summed E-state index contributed by atoms with van der Waals surface area (Å²) in [6.07, 6.45) is -0.792. The lowest BCUT2D eigenvalue weighted by Gasteiger charge is -2.70. The van der Waals surface area contributed by atoms with Gasteiger partial charge in [-0.2, -0.15) is 0 Å². The van der Waals surface area contributed by atoms with Gasteiger partial charge in [0.1, 0.15) is 17.4 Å². The number of hydrogen-bond donors (Lipinski definition) is 1. The normalized spacial score (nSPS) is 39.8. The largest absolute Gasteiger partial charge is 0.481 e. The van der Waals surface area contributed by atoms with E-state index in [1.807, 2.05) is 0 Å². The van der Waals surface area contributed by atoms with Crippen molar-refractivity contribution in [2.45, 2.75) is 24.4 Å². The maximum Gasteiger partial charge on any atom is 0.312 e. The summed E-state index contributed by atoms with van der Waals surface area (Å²) in [5.41, 5.74) is -1.34. The first-order chi connectivity index (χ1) is 7.51. The number of halogens is 2. The molecule has 3 fully saturated rings. The predicted octanol–water partition coefficient (Wildman–Crippen LogP) is 2.28. The summed E-state index contributed by atoms with van der Waals surface area (Å²) in [5, 5.41) is 8.90. The molecule has 2 bridgehead atoms. The lowest BCUT2D eigenvalue weighted by Crippen LogP contribution is -2.77. The summed E-state index contributed by atoms with van der Waals surface area (Å²) in [4.78, 5) is 10.9. The van der Waals surface area contributed by atoms with E-state index in [4.69, 9.17) is 5.11 Å². The van der Waals surface area contributed by atoms with Gasteiger partial charge in [-0.3, -0.25) is 4.79 Å². The van der Waals surface area contributed by atoms with Gasteiger partial charge in [-0.25, -0.2) is 8.78 Å². The highest BCUT2D eigenvalue weighted by molar-refractivity contribution is 5.82. The van der Waals surface area contributed by atoms with E-state index in [0.717, 1.165) is 0 Å². The Balaban J connectivity index is 1.94. The van der Waals surface area contributed by atoms with Crippen molar-refractivity contribution in [3.05, 3.63) is 35.6 Å². The van der Waals surface area contributed by atoms with Gasteiger partial charge in [-0.15, -0.1) is 0 Å². The van der Waals surface area contributed by atoms with E-state index in [1.54, 1.807) is 6.07 Å². The molecular formula is C12H10F2O2. The quantitative estimate of drug-likeness (QED) is 0.836. The topological polar surface area (TPSA) is 37.3 Å². The standard InChI is InChI=1S/C12H10F2O2/c13-8-3-1-2-7(4-8)11-5-12(6-11,9(11)14)10(15)16/h1-4,9H,5-6H2,(H,15,16). The van der Waals surface area contributed by atoms with Gasteiger partial charge in [0.2, 0.25) is 0 Å². The minimum absolute atomic E-state index is 0.292. The summed E-state index contributed by atoms with van der Waals surface area (Å²) in [6, 6.07) is 5.80. The number of alkyl halides is 1. The highest BCUT2D eigenvalue weighted by atomic mass is 19.1. The molecule has 4 rings (SSSR count). The van der Waals surface area contributed by atoms with Crippen molar-refractivity contribution in [1.82, 2.24) is 0 Å². The smallest absolute Gasteiger partial charge is 0.312 e. The first kappa shape index (κ1) is 9.75. The Labute approximate surface area is 90.9 Å². The molecule has 0 aromatic heterocycles. The van der Waals surface area contributed by atoms with Gasteiger partial charge in [0, 0.05) is 5.41 Å². The van der Waals surface area contributed by atoms with Crippen molar-refractivity contribution >= 4 is 5.97 Å². The molecule has 1 unspecified atom stereocenters. The van der Waals surface area contributed by atoms with Crippen molar-refractivity contribution < 1.29 is 18.7 Å². The Morgan fingerprint density at radius 2 is 2.12 bits per heavy atom. The second kappa shape index (κ2) is 2.62. The van der Waals surface area contributed by atoms with Crippen LogP contribution in [0.2, 0.25) is 0 Å². The Kier molecular flexibility index (Phi) is 1.60. The van der Waals surface area contributed by atoms with Crippen molar-refractivity contribution in [3.63, 3.8) is 0 Å². The first-order valence-corrected chi connectivity index (χ1v) is 5.15. The van der Waals surface area contributed by atoms with Crippen LogP contribution in [0.1, 0.15) is 18.4 Å². The molecule has 3 saturated carbocycles. The third kappa shape index (κ3) is 0.844. The van der Waals surface area contributed by atoms with Crippen molar-refractivity contribution in [1.29, 1.82) is 0 Å². The van der Waals surface area contributed by atoms with Crippen LogP contribution in [0.25, 0.3) is 0 Å². The van der Waals surface area contributed by atoms with Gasteiger partial charge in [0.05, 0.1) is 0 Å². The predicted molar refractivity (Wildman–Crippen MR) is 52.3 cm³/mol. The molecule has 2 nitrogen and oxygen atoms in total. The summed E-state index contributed by atoms with van der Waals surface area (Å²) < 4.78 is 26.9. The van der Waals surface area contributed by atoms with E-state index in [2.05, 4.69) is 0 Å². The fourth-order valence-corrected chi connectivity index (χ4v) is 3.11.